The van der Waals surface area contributed by atoms with E-state index in [2.05, 4.69) is 10.1 Å². The summed E-state index contributed by atoms with van der Waals surface area (Å²) in [5.41, 5.74) is 0.952. The van der Waals surface area contributed by atoms with E-state index in [-0.39, 0.29) is 5.91 Å². The minimum Gasteiger partial charge on any atom is -0.467 e. The van der Waals surface area contributed by atoms with E-state index in [1.807, 2.05) is 0 Å². The highest BCUT2D eigenvalue weighted by Gasteiger charge is 2.24. The molecule has 7 heteroatoms. The van der Waals surface area contributed by atoms with Gasteiger partial charge in [-0.2, -0.15) is 0 Å². The number of carbonyl (C=O) groups excluding carboxylic acids is 3. The smallest absolute Gasteiger partial charge is 0.330 e. The average Bonchev–Trinajstić information content (AvgIpc) is 2.97. The van der Waals surface area contributed by atoms with Crippen LogP contribution in [-0.2, 0) is 14.3 Å². The van der Waals surface area contributed by atoms with Gasteiger partial charge in [0.25, 0.3) is 5.91 Å². The first kappa shape index (κ1) is 16.0. The molecule has 1 atom stereocenters. The van der Waals surface area contributed by atoms with Crippen molar-refractivity contribution in [1.82, 2.24) is 5.32 Å². The molecular weight excluding hydrogens is 288 g/mol. The van der Waals surface area contributed by atoms with Gasteiger partial charge in [0, 0.05) is 24.2 Å². The van der Waals surface area contributed by atoms with Crippen LogP contribution in [-0.4, -0.2) is 49.2 Å². The number of anilines is 1. The topological polar surface area (TPSA) is 95.9 Å². The van der Waals surface area contributed by atoms with Crippen molar-refractivity contribution in [2.75, 3.05) is 25.2 Å². The van der Waals surface area contributed by atoms with Crippen LogP contribution in [0.4, 0.5) is 5.69 Å². The van der Waals surface area contributed by atoms with E-state index in [4.69, 9.17) is 5.11 Å². The number of nitrogens with zero attached hydrogens (tertiary/aromatic N) is 1. The maximum atomic E-state index is 12.1. The van der Waals surface area contributed by atoms with Gasteiger partial charge in [-0.1, -0.05) is 6.07 Å². The molecular formula is C15H18N2O5. The third kappa shape index (κ3) is 3.43. The summed E-state index contributed by atoms with van der Waals surface area (Å²) in [7, 11) is 1.18. The molecule has 2 rings (SSSR count). The van der Waals surface area contributed by atoms with E-state index in [1.165, 1.54) is 7.11 Å². The number of hydrogen-bond acceptors (Lipinski definition) is 5. The monoisotopic (exact) mass is 306 g/mol. The molecule has 0 spiro atoms. The molecule has 1 aliphatic rings. The van der Waals surface area contributed by atoms with Crippen molar-refractivity contribution in [3.05, 3.63) is 29.8 Å². The Kier molecular flexibility index (Phi) is 5.11. The molecule has 0 bridgehead atoms. The van der Waals surface area contributed by atoms with E-state index in [0.29, 0.717) is 24.2 Å². The zero-order valence-electron chi connectivity index (χ0n) is 12.2. The Hall–Kier alpha value is -2.41. The molecule has 2 N–H and O–H groups in total. The van der Waals surface area contributed by atoms with Gasteiger partial charge in [0.2, 0.25) is 5.91 Å². The summed E-state index contributed by atoms with van der Waals surface area (Å²) in [6.07, 6.45) is 1.30. The summed E-state index contributed by atoms with van der Waals surface area (Å²) < 4.78 is 4.49. The van der Waals surface area contributed by atoms with Crippen molar-refractivity contribution in [1.29, 1.82) is 0 Å². The molecule has 1 aliphatic heterocycles. The lowest BCUT2D eigenvalue weighted by Gasteiger charge is -2.17. The van der Waals surface area contributed by atoms with Gasteiger partial charge < -0.3 is 20.1 Å². The molecule has 0 aliphatic carbocycles. The second kappa shape index (κ2) is 7.04. The largest absolute Gasteiger partial charge is 0.467 e. The van der Waals surface area contributed by atoms with E-state index in [0.717, 1.165) is 6.42 Å². The van der Waals surface area contributed by atoms with Gasteiger partial charge in [-0.05, 0) is 24.6 Å². The Morgan fingerprint density at radius 1 is 1.45 bits per heavy atom. The van der Waals surface area contributed by atoms with Crippen LogP contribution in [0, 0.1) is 0 Å². The molecule has 1 saturated heterocycles. The molecule has 22 heavy (non-hydrogen) atoms. The molecule has 1 aromatic carbocycles. The molecule has 0 saturated carbocycles. The standard InChI is InChI=1S/C15H18N2O5/c1-22-15(21)12(9-18)16-14(20)10-4-2-5-11(8-10)17-7-3-6-13(17)19/h2,4-5,8,12,18H,3,6-7,9H2,1H3,(H,16,20)/t12-/m0/s1. The first-order chi connectivity index (χ1) is 10.6. The third-order valence-electron chi connectivity index (χ3n) is 3.47. The van der Waals surface area contributed by atoms with Gasteiger partial charge >= 0.3 is 5.97 Å². The fourth-order valence-corrected chi connectivity index (χ4v) is 2.30. The van der Waals surface area contributed by atoms with Gasteiger partial charge in [-0.3, -0.25) is 9.59 Å². The quantitative estimate of drug-likeness (QED) is 0.751. The summed E-state index contributed by atoms with van der Waals surface area (Å²) in [6.45, 7) is 0.0774. The minimum atomic E-state index is -1.12. The molecule has 1 aromatic rings. The molecule has 1 heterocycles. The number of carbonyl (C=O) groups is 3. The Labute approximate surface area is 127 Å². The summed E-state index contributed by atoms with van der Waals surface area (Å²) in [6, 6.07) is 5.47. The highest BCUT2D eigenvalue weighted by molar-refractivity contribution is 6.00. The van der Waals surface area contributed by atoms with Crippen LogP contribution in [0.15, 0.2) is 24.3 Å². The number of nitrogens with one attached hydrogen (secondary N) is 1. The first-order valence-corrected chi connectivity index (χ1v) is 6.96. The van der Waals surface area contributed by atoms with Gasteiger partial charge in [0.1, 0.15) is 0 Å². The van der Waals surface area contributed by atoms with Crippen molar-refractivity contribution in [3.8, 4) is 0 Å². The average molecular weight is 306 g/mol. The second-order valence-corrected chi connectivity index (χ2v) is 4.93. The zero-order valence-corrected chi connectivity index (χ0v) is 12.2. The van der Waals surface area contributed by atoms with Gasteiger partial charge in [0.05, 0.1) is 13.7 Å². The second-order valence-electron chi connectivity index (χ2n) is 4.93. The van der Waals surface area contributed by atoms with Crippen molar-refractivity contribution in [2.45, 2.75) is 18.9 Å². The molecule has 2 amide bonds. The van der Waals surface area contributed by atoms with Crippen molar-refractivity contribution in [2.24, 2.45) is 0 Å². The fourth-order valence-electron chi connectivity index (χ4n) is 2.30. The first-order valence-electron chi connectivity index (χ1n) is 6.96. The molecule has 0 unspecified atom stereocenters. The van der Waals surface area contributed by atoms with E-state index in [9.17, 15) is 14.4 Å². The van der Waals surface area contributed by atoms with Crippen molar-refractivity contribution >= 4 is 23.5 Å². The maximum absolute atomic E-state index is 12.1. The van der Waals surface area contributed by atoms with Crippen LogP contribution in [0.25, 0.3) is 0 Å². The highest BCUT2D eigenvalue weighted by atomic mass is 16.5. The van der Waals surface area contributed by atoms with Crippen LogP contribution in [0.2, 0.25) is 0 Å². The third-order valence-corrected chi connectivity index (χ3v) is 3.47. The number of hydrogen-bond donors (Lipinski definition) is 2. The van der Waals surface area contributed by atoms with Crippen molar-refractivity contribution in [3.63, 3.8) is 0 Å². The molecule has 0 radical (unpaired) electrons. The minimum absolute atomic E-state index is 0.0281. The number of rotatable bonds is 5. The lowest BCUT2D eigenvalue weighted by atomic mass is 10.1. The molecule has 118 valence electrons. The SMILES string of the molecule is COC(=O)[C@H](CO)NC(=O)c1cccc(N2CCCC2=O)c1. The maximum Gasteiger partial charge on any atom is 0.330 e. The molecule has 0 aromatic heterocycles. The molecule has 7 nitrogen and oxygen atoms in total. The Bertz CT molecular complexity index is 587. The predicted octanol–water partition coefficient (Wildman–Crippen LogP) is 0.0771. The lowest BCUT2D eigenvalue weighted by Crippen LogP contribution is -2.44. The van der Waals surface area contributed by atoms with Crippen LogP contribution >= 0.6 is 0 Å². The Morgan fingerprint density at radius 2 is 2.23 bits per heavy atom. The van der Waals surface area contributed by atoms with Gasteiger partial charge in [0.15, 0.2) is 6.04 Å². The van der Waals surface area contributed by atoms with E-state index >= 15 is 0 Å². The number of ether oxygens (including phenoxy) is 1. The van der Waals surface area contributed by atoms with Gasteiger partial charge in [-0.25, -0.2) is 4.79 Å². The zero-order chi connectivity index (χ0) is 16.1. The van der Waals surface area contributed by atoms with E-state index in [1.54, 1.807) is 29.2 Å². The van der Waals surface area contributed by atoms with Crippen LogP contribution in [0.5, 0.6) is 0 Å². The lowest BCUT2D eigenvalue weighted by molar-refractivity contribution is -0.143. The Morgan fingerprint density at radius 3 is 2.82 bits per heavy atom. The highest BCUT2D eigenvalue weighted by Crippen LogP contribution is 2.22. The number of methoxy groups -OCH3 is 1. The van der Waals surface area contributed by atoms with Crippen molar-refractivity contribution < 1.29 is 24.2 Å². The summed E-state index contributed by atoms with van der Waals surface area (Å²) in [5, 5.41) is 11.5. The fraction of sp³-hybridized carbons (Fsp3) is 0.400. The number of amides is 2. The number of esters is 1. The number of benzene rings is 1. The van der Waals surface area contributed by atoms with Crippen LogP contribution in [0.3, 0.4) is 0 Å². The number of aliphatic hydroxyl groups is 1. The molecule has 1 fully saturated rings. The van der Waals surface area contributed by atoms with Crippen LogP contribution in [0.1, 0.15) is 23.2 Å². The number of aliphatic hydroxyl groups excluding tert-OH is 1. The van der Waals surface area contributed by atoms with Gasteiger partial charge in [-0.15, -0.1) is 0 Å². The summed E-state index contributed by atoms with van der Waals surface area (Å²) in [4.78, 5) is 36.9. The summed E-state index contributed by atoms with van der Waals surface area (Å²) in [5.74, 6) is -1.21. The Balaban J connectivity index is 2.13. The normalized spacial score (nSPS) is 15.5. The summed E-state index contributed by atoms with van der Waals surface area (Å²) >= 11 is 0. The van der Waals surface area contributed by atoms with Crippen LogP contribution < -0.4 is 10.2 Å². The van der Waals surface area contributed by atoms with E-state index < -0.39 is 24.5 Å². The predicted molar refractivity (Wildman–Crippen MR) is 78.4 cm³/mol.